The zero-order chi connectivity index (χ0) is 13.7. The largest absolute Gasteiger partial charge is 0.485 e. The summed E-state index contributed by atoms with van der Waals surface area (Å²) in [5, 5.41) is 1.69. The highest BCUT2D eigenvalue weighted by molar-refractivity contribution is 6.79. The molecule has 99 valence electrons. The summed E-state index contributed by atoms with van der Waals surface area (Å²) in [5.41, 5.74) is 1.92. The predicted molar refractivity (Wildman–Crippen MR) is 79.9 cm³/mol. The van der Waals surface area contributed by atoms with Crippen molar-refractivity contribution in [1.29, 1.82) is 0 Å². The van der Waals surface area contributed by atoms with Crippen molar-refractivity contribution in [3.8, 4) is 0 Å². The van der Waals surface area contributed by atoms with Crippen LogP contribution >= 0.6 is 11.6 Å². The fraction of sp³-hybridized carbons (Fsp3) is 0.538. The predicted octanol–water partition coefficient (Wildman–Crippen LogP) is 4.25. The number of fused-ring (bicyclic) bond motifs is 1. The zero-order valence-electron chi connectivity index (χ0n) is 11.9. The van der Waals surface area contributed by atoms with Crippen molar-refractivity contribution in [2.24, 2.45) is 0 Å². The third kappa shape index (κ3) is 1.97. The summed E-state index contributed by atoms with van der Waals surface area (Å²) in [5.74, 6) is 0. The zero-order valence-corrected chi connectivity index (χ0v) is 13.6. The first kappa shape index (κ1) is 13.6. The van der Waals surface area contributed by atoms with Crippen molar-refractivity contribution in [3.05, 3.63) is 23.2 Å². The van der Waals surface area contributed by atoms with Crippen molar-refractivity contribution in [3.63, 3.8) is 0 Å². The molecule has 0 aliphatic rings. The molecule has 3 nitrogen and oxygen atoms in total. The van der Waals surface area contributed by atoms with Gasteiger partial charge in [0.05, 0.1) is 5.69 Å². The summed E-state index contributed by atoms with van der Waals surface area (Å²) in [4.78, 5) is 8.64. The Balaban J connectivity index is 2.74. The average Bonchev–Trinajstić information content (AvgIpc) is 2.59. The van der Waals surface area contributed by atoms with Crippen molar-refractivity contribution in [2.75, 3.05) is 0 Å². The van der Waals surface area contributed by atoms with Gasteiger partial charge < -0.3 is 4.23 Å². The topological polar surface area (TPSA) is 30.7 Å². The average molecular weight is 282 g/mol. The second-order valence-electron chi connectivity index (χ2n) is 6.31. The van der Waals surface area contributed by atoms with E-state index in [0.717, 1.165) is 16.7 Å². The first-order valence-corrected chi connectivity index (χ1v) is 9.49. The molecule has 0 radical (unpaired) electrons. The molecular formula is C13H20ClN3Si-. The molecular weight excluding hydrogens is 262 g/mol. The number of hydrogen-bond acceptors (Lipinski definition) is 2. The Morgan fingerprint density at radius 2 is 1.83 bits per heavy atom. The van der Waals surface area contributed by atoms with Crippen LogP contribution in [-0.4, -0.2) is 22.4 Å². The van der Waals surface area contributed by atoms with Crippen molar-refractivity contribution in [1.82, 2.24) is 14.2 Å². The summed E-state index contributed by atoms with van der Waals surface area (Å²) >= 11 is 6.00. The third-order valence-corrected chi connectivity index (χ3v) is 9.55. The molecule has 0 unspecified atom stereocenters. The van der Waals surface area contributed by atoms with Crippen LogP contribution in [0.4, 0.5) is 0 Å². The highest BCUT2D eigenvalue weighted by Crippen LogP contribution is 2.38. The number of aromatic nitrogens is 3. The maximum Gasteiger partial charge on any atom is 0.224 e. The van der Waals surface area contributed by atoms with Gasteiger partial charge in [-0.1, -0.05) is 20.8 Å². The molecule has 0 saturated carbocycles. The molecule has 0 aliphatic heterocycles. The van der Waals surface area contributed by atoms with Crippen molar-refractivity contribution < 1.29 is 0 Å². The lowest BCUT2D eigenvalue weighted by Crippen LogP contribution is -2.45. The second kappa shape index (κ2) is 4.07. The highest BCUT2D eigenvalue weighted by Gasteiger charge is 2.27. The van der Waals surface area contributed by atoms with Crippen LogP contribution < -0.4 is 0 Å². The molecule has 2 heterocycles. The van der Waals surface area contributed by atoms with E-state index in [9.17, 15) is 0 Å². The number of aryl methyl sites for hydroxylation is 1. The standard InChI is InChI=1S/C13H20ClN3Si/c1-9-10-7-8-17(11(10)16-12(14)15-9)18(5,6)13(2,3)4/h7-8H,1-6H3/q-1. The van der Waals surface area contributed by atoms with Crippen LogP contribution in [-0.2, 0) is 0 Å². The van der Waals surface area contributed by atoms with E-state index in [0.29, 0.717) is 5.28 Å². The smallest absolute Gasteiger partial charge is 0.224 e. The summed E-state index contributed by atoms with van der Waals surface area (Å²) in [6.45, 7) is 13.6. The fourth-order valence-corrected chi connectivity index (χ4v) is 4.02. The Labute approximate surface area is 114 Å². The number of hydrogen-bond donors (Lipinski definition) is 0. The van der Waals surface area contributed by atoms with Crippen LogP contribution in [0, 0.1) is 6.92 Å². The molecule has 0 aliphatic carbocycles. The maximum atomic E-state index is 6.00. The molecule has 0 N–H and O–H groups in total. The lowest BCUT2D eigenvalue weighted by molar-refractivity contribution is 0.702. The van der Waals surface area contributed by atoms with Crippen molar-refractivity contribution >= 4 is 30.9 Å². The lowest BCUT2D eigenvalue weighted by atomic mass is 10.2. The van der Waals surface area contributed by atoms with E-state index in [-0.39, 0.29) is 5.04 Å². The van der Waals surface area contributed by atoms with Gasteiger partial charge in [-0.2, -0.15) is 13.1 Å². The van der Waals surface area contributed by atoms with Crippen LogP contribution in [0.2, 0.25) is 23.4 Å². The monoisotopic (exact) mass is 281 g/mol. The quantitative estimate of drug-likeness (QED) is 0.578. The molecule has 2 aromatic rings. The molecule has 0 amide bonds. The molecule has 2 aromatic heterocycles. The summed E-state index contributed by atoms with van der Waals surface area (Å²) < 4.78 is 2.34. The summed E-state index contributed by atoms with van der Waals surface area (Å²) in [6.07, 6.45) is 2.14. The van der Waals surface area contributed by atoms with Gasteiger partial charge in [-0.3, -0.25) is 0 Å². The minimum absolute atomic E-state index is 0.254. The van der Waals surface area contributed by atoms with Crippen molar-refractivity contribution in [2.45, 2.75) is 45.8 Å². The van der Waals surface area contributed by atoms with E-state index in [2.05, 4.69) is 60.3 Å². The van der Waals surface area contributed by atoms with Gasteiger partial charge in [0.2, 0.25) is 5.28 Å². The van der Waals surface area contributed by atoms with Gasteiger partial charge in [0.15, 0.2) is 0 Å². The van der Waals surface area contributed by atoms with E-state index in [1.54, 1.807) is 0 Å². The van der Waals surface area contributed by atoms with Crippen LogP contribution in [0.3, 0.4) is 0 Å². The van der Waals surface area contributed by atoms with E-state index in [4.69, 9.17) is 11.6 Å². The van der Waals surface area contributed by atoms with Gasteiger partial charge in [-0.15, -0.1) is 5.04 Å². The molecule has 0 aromatic carbocycles. The third-order valence-electron chi connectivity index (χ3n) is 4.14. The molecule has 0 fully saturated rings. The van der Waals surface area contributed by atoms with Crippen LogP contribution in [0.5, 0.6) is 0 Å². The fourth-order valence-electron chi connectivity index (χ4n) is 1.94. The molecule has 0 atom stereocenters. The van der Waals surface area contributed by atoms with E-state index in [1.165, 1.54) is 0 Å². The van der Waals surface area contributed by atoms with Crippen LogP contribution in [0.25, 0.3) is 11.0 Å². The number of rotatable bonds is 1. The first-order chi connectivity index (χ1) is 8.14. The molecule has 0 saturated heterocycles. The molecule has 0 bridgehead atoms. The molecule has 18 heavy (non-hydrogen) atoms. The Bertz CT molecular complexity index is 596. The van der Waals surface area contributed by atoms with Crippen LogP contribution in [0.1, 0.15) is 26.5 Å². The SMILES string of the molecule is Cc1nc(Cl)nc2c1ccn2[Si-](C)(C)C(C)(C)C. The maximum absolute atomic E-state index is 6.00. The van der Waals surface area contributed by atoms with Gasteiger partial charge in [0.1, 0.15) is 5.65 Å². The molecule has 5 heteroatoms. The minimum atomic E-state index is -1.67. The number of halogens is 1. The van der Waals surface area contributed by atoms with Gasteiger partial charge in [0.25, 0.3) is 0 Å². The molecule has 2 rings (SSSR count). The normalized spacial score (nSPS) is 13.3. The highest BCUT2D eigenvalue weighted by atomic mass is 35.5. The first-order valence-electron chi connectivity index (χ1n) is 6.16. The Morgan fingerprint density at radius 1 is 1.22 bits per heavy atom. The van der Waals surface area contributed by atoms with Gasteiger partial charge in [-0.25, -0.2) is 9.97 Å². The van der Waals surface area contributed by atoms with Gasteiger partial charge in [-0.05, 0) is 39.0 Å². The summed E-state index contributed by atoms with van der Waals surface area (Å²) in [7, 11) is -1.67. The van der Waals surface area contributed by atoms with Gasteiger partial charge in [0, 0.05) is 5.39 Å². The Hall–Kier alpha value is -0.873. The lowest BCUT2D eigenvalue weighted by Gasteiger charge is -2.50. The molecule has 0 spiro atoms. The van der Waals surface area contributed by atoms with Crippen LogP contribution in [0.15, 0.2) is 12.3 Å². The second-order valence-corrected chi connectivity index (χ2v) is 11.7. The Kier molecular flexibility index (Phi) is 3.06. The minimum Gasteiger partial charge on any atom is -0.485 e. The van der Waals surface area contributed by atoms with Gasteiger partial charge >= 0.3 is 0 Å². The number of nitrogens with zero attached hydrogens (tertiary/aromatic N) is 3. The van der Waals surface area contributed by atoms with E-state index < -0.39 is 8.24 Å². The van der Waals surface area contributed by atoms with E-state index >= 15 is 0 Å². The summed E-state index contributed by atoms with van der Waals surface area (Å²) in [6, 6.07) is 2.10. The van der Waals surface area contributed by atoms with E-state index in [1.807, 2.05) is 6.92 Å². The Morgan fingerprint density at radius 3 is 2.39 bits per heavy atom.